The summed E-state index contributed by atoms with van der Waals surface area (Å²) in [5.74, 6) is 1.31. The number of carbonyl (C=O) groups is 2. The van der Waals surface area contributed by atoms with E-state index in [1.807, 2.05) is 6.07 Å². The maximum atomic E-state index is 12.8. The Kier molecular flexibility index (Phi) is 6.47. The molecule has 1 N–H and O–H groups in total. The van der Waals surface area contributed by atoms with E-state index in [0.29, 0.717) is 36.7 Å². The van der Waals surface area contributed by atoms with Crippen LogP contribution in [-0.2, 0) is 4.79 Å². The highest BCUT2D eigenvalue weighted by Crippen LogP contribution is 2.23. The van der Waals surface area contributed by atoms with E-state index in [0.717, 1.165) is 12.8 Å². The molecule has 148 valence electrons. The Morgan fingerprint density at radius 1 is 1.21 bits per heavy atom. The van der Waals surface area contributed by atoms with Crippen molar-refractivity contribution >= 4 is 17.6 Å². The molecule has 28 heavy (non-hydrogen) atoms. The number of amides is 3. The molecule has 1 saturated heterocycles. The van der Waals surface area contributed by atoms with Crippen molar-refractivity contribution in [2.24, 2.45) is 0 Å². The number of carbonyl (C=O) groups excluding carboxylic acids is 2. The van der Waals surface area contributed by atoms with Crippen LogP contribution in [0, 0.1) is 0 Å². The Bertz CT molecular complexity index is 795. The Labute approximate surface area is 165 Å². The lowest BCUT2D eigenvalue weighted by Gasteiger charge is -2.39. The van der Waals surface area contributed by atoms with Gasteiger partial charge >= 0.3 is 6.03 Å². The molecule has 1 atom stereocenters. The van der Waals surface area contributed by atoms with Gasteiger partial charge in [-0.3, -0.25) is 9.78 Å². The van der Waals surface area contributed by atoms with Gasteiger partial charge < -0.3 is 19.9 Å². The second kappa shape index (κ2) is 9.21. The maximum Gasteiger partial charge on any atom is 0.322 e. The van der Waals surface area contributed by atoms with Gasteiger partial charge in [0.05, 0.1) is 6.20 Å². The van der Waals surface area contributed by atoms with Crippen molar-refractivity contribution in [2.45, 2.75) is 32.2 Å². The average molecular weight is 382 g/mol. The highest BCUT2D eigenvalue weighted by atomic mass is 16.5. The standard InChI is InChI=1S/C21H26N4O3/c1-3-4-7-19-20(26)24(2)13-14-25(19)21(27)23-16-8-10-17(11-9-16)28-18-6-5-12-22-15-18/h5-6,8-12,15,19H,3-4,7,13-14H2,1-2H3,(H,23,27)/t19-/m1/s1. The van der Waals surface area contributed by atoms with E-state index in [2.05, 4.69) is 17.2 Å². The van der Waals surface area contributed by atoms with E-state index in [9.17, 15) is 9.59 Å². The summed E-state index contributed by atoms with van der Waals surface area (Å²) in [5.41, 5.74) is 0.657. The van der Waals surface area contributed by atoms with Gasteiger partial charge in [-0.1, -0.05) is 19.8 Å². The number of anilines is 1. The third-order valence-corrected chi connectivity index (χ3v) is 4.78. The lowest BCUT2D eigenvalue weighted by Crippen LogP contribution is -2.58. The van der Waals surface area contributed by atoms with Crippen LogP contribution in [0.4, 0.5) is 10.5 Å². The van der Waals surface area contributed by atoms with Crippen LogP contribution < -0.4 is 10.1 Å². The van der Waals surface area contributed by atoms with Crippen molar-refractivity contribution in [3.63, 3.8) is 0 Å². The third-order valence-electron chi connectivity index (χ3n) is 4.78. The predicted molar refractivity (Wildman–Crippen MR) is 107 cm³/mol. The Hall–Kier alpha value is -3.09. The van der Waals surface area contributed by atoms with Crippen LogP contribution >= 0.6 is 0 Å². The van der Waals surface area contributed by atoms with Gasteiger partial charge in [0.15, 0.2) is 0 Å². The fourth-order valence-electron chi connectivity index (χ4n) is 3.18. The molecule has 1 aliphatic rings. The number of nitrogens with one attached hydrogen (secondary N) is 1. The van der Waals surface area contributed by atoms with E-state index in [-0.39, 0.29) is 11.9 Å². The summed E-state index contributed by atoms with van der Waals surface area (Å²) in [7, 11) is 1.79. The second-order valence-corrected chi connectivity index (χ2v) is 6.86. The summed E-state index contributed by atoms with van der Waals surface area (Å²) in [6, 6.07) is 10.1. The van der Waals surface area contributed by atoms with Crippen molar-refractivity contribution in [3.05, 3.63) is 48.8 Å². The predicted octanol–water partition coefficient (Wildman–Crippen LogP) is 3.74. The first kappa shape index (κ1) is 19.7. The number of ether oxygens (including phenoxy) is 1. The zero-order valence-corrected chi connectivity index (χ0v) is 16.3. The number of nitrogens with zero attached hydrogens (tertiary/aromatic N) is 3. The summed E-state index contributed by atoms with van der Waals surface area (Å²) in [5, 5.41) is 2.89. The van der Waals surface area contributed by atoms with Gasteiger partial charge in [0, 0.05) is 32.0 Å². The molecule has 0 aliphatic carbocycles. The molecule has 7 heteroatoms. The number of likely N-dealkylation sites (N-methyl/N-ethyl adjacent to an activating group) is 1. The molecule has 1 aliphatic heterocycles. The lowest BCUT2D eigenvalue weighted by atomic mass is 10.0. The molecule has 0 saturated carbocycles. The molecule has 1 aromatic heterocycles. The van der Waals surface area contributed by atoms with Crippen molar-refractivity contribution in [2.75, 3.05) is 25.5 Å². The summed E-state index contributed by atoms with van der Waals surface area (Å²) in [4.78, 5) is 32.6. The van der Waals surface area contributed by atoms with Crippen LogP contribution in [0.3, 0.4) is 0 Å². The van der Waals surface area contributed by atoms with Crippen LogP contribution in [0.15, 0.2) is 48.8 Å². The van der Waals surface area contributed by atoms with Gasteiger partial charge in [0.1, 0.15) is 17.5 Å². The first-order valence-electron chi connectivity index (χ1n) is 9.59. The van der Waals surface area contributed by atoms with Crippen LogP contribution in [0.2, 0.25) is 0 Å². The summed E-state index contributed by atoms with van der Waals surface area (Å²) in [6.45, 7) is 3.16. The van der Waals surface area contributed by atoms with E-state index < -0.39 is 6.04 Å². The molecule has 3 amide bonds. The quantitative estimate of drug-likeness (QED) is 0.826. The zero-order valence-electron chi connectivity index (χ0n) is 16.3. The largest absolute Gasteiger partial charge is 0.456 e. The number of rotatable bonds is 6. The summed E-state index contributed by atoms with van der Waals surface area (Å²) >= 11 is 0. The molecule has 0 radical (unpaired) electrons. The smallest absolute Gasteiger partial charge is 0.322 e. The number of hydrogen-bond acceptors (Lipinski definition) is 4. The summed E-state index contributed by atoms with van der Waals surface area (Å²) in [6.07, 6.45) is 5.90. The first-order valence-corrected chi connectivity index (χ1v) is 9.59. The Balaban J connectivity index is 1.63. The van der Waals surface area contributed by atoms with Gasteiger partial charge in [0.2, 0.25) is 5.91 Å². The number of piperazine rings is 1. The van der Waals surface area contributed by atoms with Gasteiger partial charge in [-0.2, -0.15) is 0 Å². The molecule has 2 aromatic rings. The second-order valence-electron chi connectivity index (χ2n) is 6.86. The minimum absolute atomic E-state index is 0.00932. The van der Waals surface area contributed by atoms with Crippen LogP contribution in [0.5, 0.6) is 11.5 Å². The number of unbranched alkanes of at least 4 members (excludes halogenated alkanes) is 1. The van der Waals surface area contributed by atoms with Gasteiger partial charge in [-0.05, 0) is 42.8 Å². The van der Waals surface area contributed by atoms with Crippen molar-refractivity contribution in [3.8, 4) is 11.5 Å². The Morgan fingerprint density at radius 2 is 2.00 bits per heavy atom. The fourth-order valence-corrected chi connectivity index (χ4v) is 3.18. The molecule has 0 spiro atoms. The number of hydrogen-bond donors (Lipinski definition) is 1. The van der Waals surface area contributed by atoms with Crippen LogP contribution in [-0.4, -0.2) is 52.9 Å². The minimum Gasteiger partial charge on any atom is -0.456 e. The fraction of sp³-hybridized carbons (Fsp3) is 0.381. The van der Waals surface area contributed by atoms with Gasteiger partial charge in [-0.25, -0.2) is 4.79 Å². The maximum absolute atomic E-state index is 12.8. The molecular formula is C21H26N4O3. The van der Waals surface area contributed by atoms with Crippen molar-refractivity contribution in [1.29, 1.82) is 0 Å². The van der Waals surface area contributed by atoms with Crippen molar-refractivity contribution in [1.82, 2.24) is 14.8 Å². The van der Waals surface area contributed by atoms with Crippen LogP contribution in [0.1, 0.15) is 26.2 Å². The first-order chi connectivity index (χ1) is 13.6. The highest BCUT2D eigenvalue weighted by Gasteiger charge is 2.35. The monoisotopic (exact) mass is 382 g/mol. The number of aromatic nitrogens is 1. The number of pyridine rings is 1. The molecule has 0 unspecified atom stereocenters. The van der Waals surface area contributed by atoms with Gasteiger partial charge in [-0.15, -0.1) is 0 Å². The molecular weight excluding hydrogens is 356 g/mol. The minimum atomic E-state index is -0.396. The van der Waals surface area contributed by atoms with Crippen molar-refractivity contribution < 1.29 is 14.3 Å². The molecule has 3 rings (SSSR count). The normalized spacial score (nSPS) is 16.8. The van der Waals surface area contributed by atoms with E-state index in [1.54, 1.807) is 59.6 Å². The molecule has 1 fully saturated rings. The average Bonchev–Trinajstić information content (AvgIpc) is 2.71. The van der Waals surface area contributed by atoms with E-state index in [1.165, 1.54) is 0 Å². The van der Waals surface area contributed by atoms with Crippen LogP contribution in [0.25, 0.3) is 0 Å². The van der Waals surface area contributed by atoms with E-state index >= 15 is 0 Å². The van der Waals surface area contributed by atoms with E-state index in [4.69, 9.17) is 4.74 Å². The number of urea groups is 1. The topological polar surface area (TPSA) is 74.8 Å². The van der Waals surface area contributed by atoms with Gasteiger partial charge in [0.25, 0.3) is 0 Å². The zero-order chi connectivity index (χ0) is 19.9. The molecule has 1 aromatic carbocycles. The third kappa shape index (κ3) is 4.79. The molecule has 2 heterocycles. The number of benzene rings is 1. The lowest BCUT2D eigenvalue weighted by molar-refractivity contribution is -0.138. The SMILES string of the molecule is CCCC[C@@H]1C(=O)N(C)CCN1C(=O)Nc1ccc(Oc2cccnc2)cc1. The highest BCUT2D eigenvalue weighted by molar-refractivity contribution is 5.94. The molecule has 0 bridgehead atoms. The molecule has 7 nitrogen and oxygen atoms in total. The Morgan fingerprint density at radius 3 is 2.68 bits per heavy atom. The summed E-state index contributed by atoms with van der Waals surface area (Å²) < 4.78 is 5.71.